The van der Waals surface area contributed by atoms with Gasteiger partial charge in [-0.25, -0.2) is 4.79 Å². The topological polar surface area (TPSA) is 117 Å². The molecule has 4 atom stereocenters. The molecule has 0 amide bonds. The molecule has 1 aromatic rings. The van der Waals surface area contributed by atoms with Crippen LogP contribution in [0.2, 0.25) is 0 Å². The Balaban J connectivity index is 1.64. The molecule has 0 radical (unpaired) electrons. The molecule has 2 heterocycles. The quantitative estimate of drug-likeness (QED) is 0.479. The first kappa shape index (κ1) is 14.5. The lowest BCUT2D eigenvalue weighted by Crippen LogP contribution is -2.35. The van der Waals surface area contributed by atoms with Gasteiger partial charge < -0.3 is 24.2 Å². The van der Waals surface area contributed by atoms with Gasteiger partial charge in [-0.05, 0) is 12.1 Å². The SMILES string of the molecule is O=C(O[C@@H]1CO[C@H]2[C@@H]1OC[C@@H]2O[N+](=O)[O-])c1ccccc1O. The molecule has 118 valence electrons. The number of phenolic OH excluding ortho intramolecular Hbond substituents is 1. The molecule has 0 aromatic heterocycles. The summed E-state index contributed by atoms with van der Waals surface area (Å²) in [5.41, 5.74) is 0.0297. The molecule has 2 saturated heterocycles. The van der Waals surface area contributed by atoms with Gasteiger partial charge in [0.25, 0.3) is 5.09 Å². The number of carbonyl (C=O) groups excluding carboxylic acids is 1. The highest BCUT2D eigenvalue weighted by Gasteiger charge is 2.51. The number of fused-ring (bicyclic) bond motifs is 1. The van der Waals surface area contributed by atoms with Gasteiger partial charge in [-0.2, -0.15) is 0 Å². The van der Waals surface area contributed by atoms with Gasteiger partial charge in [-0.1, -0.05) is 12.1 Å². The van der Waals surface area contributed by atoms with Crippen molar-refractivity contribution in [3.63, 3.8) is 0 Å². The van der Waals surface area contributed by atoms with Crippen LogP contribution in [0.15, 0.2) is 24.3 Å². The Kier molecular flexibility index (Phi) is 3.82. The number of ether oxygens (including phenoxy) is 3. The van der Waals surface area contributed by atoms with E-state index in [2.05, 4.69) is 4.84 Å². The summed E-state index contributed by atoms with van der Waals surface area (Å²) in [5, 5.41) is 19.1. The molecule has 1 aromatic carbocycles. The van der Waals surface area contributed by atoms with Crippen molar-refractivity contribution in [3.8, 4) is 5.75 Å². The molecule has 2 aliphatic rings. The summed E-state index contributed by atoms with van der Waals surface area (Å²) in [6.07, 6.45) is -2.83. The Morgan fingerprint density at radius 2 is 1.86 bits per heavy atom. The zero-order chi connectivity index (χ0) is 15.7. The number of esters is 1. The minimum atomic E-state index is -0.902. The van der Waals surface area contributed by atoms with Crippen molar-refractivity contribution < 1.29 is 34.0 Å². The molecule has 0 spiro atoms. The van der Waals surface area contributed by atoms with Gasteiger partial charge in [0.15, 0.2) is 12.2 Å². The van der Waals surface area contributed by atoms with Crippen molar-refractivity contribution in [1.82, 2.24) is 0 Å². The second-order valence-electron chi connectivity index (χ2n) is 4.92. The second kappa shape index (κ2) is 5.78. The van der Waals surface area contributed by atoms with E-state index in [-0.39, 0.29) is 24.5 Å². The maximum Gasteiger partial charge on any atom is 0.342 e. The number of rotatable bonds is 4. The fourth-order valence-electron chi connectivity index (χ4n) is 2.58. The number of carbonyl (C=O) groups is 1. The zero-order valence-corrected chi connectivity index (χ0v) is 11.3. The van der Waals surface area contributed by atoms with Crippen LogP contribution in [-0.2, 0) is 19.0 Å². The molecule has 3 rings (SSSR count). The maximum absolute atomic E-state index is 12.0. The third kappa shape index (κ3) is 2.68. The molecule has 9 heteroatoms. The molecule has 2 fully saturated rings. The van der Waals surface area contributed by atoms with Gasteiger partial charge in [0.1, 0.15) is 23.5 Å². The molecule has 2 aliphatic heterocycles. The molecule has 0 bridgehead atoms. The van der Waals surface area contributed by atoms with Crippen LogP contribution in [0.4, 0.5) is 0 Å². The van der Waals surface area contributed by atoms with Gasteiger partial charge in [0.2, 0.25) is 0 Å². The van der Waals surface area contributed by atoms with Crippen LogP contribution in [0, 0.1) is 10.1 Å². The van der Waals surface area contributed by atoms with Crippen LogP contribution in [0.25, 0.3) is 0 Å². The summed E-state index contributed by atoms with van der Waals surface area (Å²) in [6.45, 7) is 0.0349. The van der Waals surface area contributed by atoms with Crippen molar-refractivity contribution in [2.24, 2.45) is 0 Å². The van der Waals surface area contributed by atoms with E-state index in [4.69, 9.17) is 14.2 Å². The van der Waals surface area contributed by atoms with Crippen LogP contribution < -0.4 is 0 Å². The number of nitrogens with zero attached hydrogens (tertiary/aromatic N) is 1. The van der Waals surface area contributed by atoms with Crippen molar-refractivity contribution in [1.29, 1.82) is 0 Å². The van der Waals surface area contributed by atoms with Crippen molar-refractivity contribution in [3.05, 3.63) is 39.9 Å². The molecular weight excluding hydrogens is 298 g/mol. The van der Waals surface area contributed by atoms with E-state index >= 15 is 0 Å². The molecule has 22 heavy (non-hydrogen) atoms. The molecular formula is C13H13NO8. The number of benzene rings is 1. The fraction of sp³-hybridized carbons (Fsp3) is 0.462. The Labute approximate surface area is 124 Å². The van der Waals surface area contributed by atoms with E-state index in [0.29, 0.717) is 0 Å². The number of aromatic hydroxyl groups is 1. The lowest BCUT2D eigenvalue weighted by molar-refractivity contribution is -0.769. The Morgan fingerprint density at radius 1 is 1.23 bits per heavy atom. The smallest absolute Gasteiger partial charge is 0.342 e. The zero-order valence-electron chi connectivity index (χ0n) is 11.3. The van der Waals surface area contributed by atoms with Gasteiger partial charge in [0, 0.05) is 0 Å². The van der Waals surface area contributed by atoms with Crippen molar-refractivity contribution >= 4 is 5.97 Å². The summed E-state index contributed by atoms with van der Waals surface area (Å²) >= 11 is 0. The third-order valence-corrected chi connectivity index (χ3v) is 3.57. The summed E-state index contributed by atoms with van der Waals surface area (Å²) in [4.78, 5) is 26.9. The lowest BCUT2D eigenvalue weighted by atomic mass is 10.1. The molecule has 0 saturated carbocycles. The van der Waals surface area contributed by atoms with Crippen LogP contribution in [0.1, 0.15) is 10.4 Å². The summed E-state index contributed by atoms with van der Waals surface area (Å²) in [5.74, 6) is -0.903. The molecule has 1 N–H and O–H groups in total. The minimum absolute atomic E-state index is 0.0129. The number of hydrogen-bond donors (Lipinski definition) is 1. The molecule has 0 unspecified atom stereocenters. The predicted octanol–water partition coefficient (Wildman–Crippen LogP) is 0.292. The van der Waals surface area contributed by atoms with Crippen LogP contribution in [0.3, 0.4) is 0 Å². The van der Waals surface area contributed by atoms with Gasteiger partial charge >= 0.3 is 5.97 Å². The van der Waals surface area contributed by atoms with Gasteiger partial charge in [-0.15, -0.1) is 10.1 Å². The minimum Gasteiger partial charge on any atom is -0.507 e. The monoisotopic (exact) mass is 311 g/mol. The van der Waals surface area contributed by atoms with Crippen molar-refractivity contribution in [2.75, 3.05) is 13.2 Å². The number of para-hydroxylation sites is 1. The first-order valence-corrected chi connectivity index (χ1v) is 6.59. The van der Waals surface area contributed by atoms with E-state index in [1.807, 2.05) is 0 Å². The number of phenols is 1. The summed E-state index contributed by atoms with van der Waals surface area (Å²) < 4.78 is 16.0. The van der Waals surface area contributed by atoms with E-state index < -0.39 is 35.5 Å². The van der Waals surface area contributed by atoms with Gasteiger partial charge in [-0.3, -0.25) is 0 Å². The third-order valence-electron chi connectivity index (χ3n) is 3.57. The van der Waals surface area contributed by atoms with Crippen LogP contribution in [0.5, 0.6) is 5.75 Å². The van der Waals surface area contributed by atoms with E-state index in [1.54, 1.807) is 12.1 Å². The predicted molar refractivity (Wildman–Crippen MR) is 68.7 cm³/mol. The van der Waals surface area contributed by atoms with Crippen LogP contribution in [-0.4, -0.2) is 53.8 Å². The second-order valence-corrected chi connectivity index (χ2v) is 4.92. The van der Waals surface area contributed by atoms with Crippen molar-refractivity contribution in [2.45, 2.75) is 24.4 Å². The average molecular weight is 311 g/mol. The van der Waals surface area contributed by atoms with Gasteiger partial charge in [0.05, 0.1) is 13.2 Å². The molecule has 0 aliphatic carbocycles. The maximum atomic E-state index is 12.0. The van der Waals surface area contributed by atoms with Crippen LogP contribution >= 0.6 is 0 Å². The fourth-order valence-corrected chi connectivity index (χ4v) is 2.58. The highest BCUT2D eigenvalue weighted by molar-refractivity contribution is 5.92. The first-order chi connectivity index (χ1) is 10.6. The number of hydrogen-bond acceptors (Lipinski definition) is 8. The Bertz CT molecular complexity index is 591. The van der Waals surface area contributed by atoms with E-state index in [9.17, 15) is 20.0 Å². The normalized spacial score (nSPS) is 29.8. The summed E-state index contributed by atoms with van der Waals surface area (Å²) in [7, 11) is 0. The standard InChI is InChI=1S/C13H13NO8/c15-8-4-2-1-3-7(8)13(16)21-9-5-19-12-10(22-14(17)18)6-20-11(9)12/h1-4,9-12,15H,5-6H2/t9-,10+,11-,12-/m1/s1. The first-order valence-electron chi connectivity index (χ1n) is 6.59. The Morgan fingerprint density at radius 3 is 2.55 bits per heavy atom. The average Bonchev–Trinajstić information content (AvgIpc) is 3.03. The lowest BCUT2D eigenvalue weighted by Gasteiger charge is -2.17. The summed E-state index contributed by atoms with van der Waals surface area (Å²) in [6, 6.07) is 5.98. The highest BCUT2D eigenvalue weighted by atomic mass is 17.0. The highest BCUT2D eigenvalue weighted by Crippen LogP contribution is 2.31. The van der Waals surface area contributed by atoms with E-state index in [1.165, 1.54) is 12.1 Å². The van der Waals surface area contributed by atoms with E-state index in [0.717, 1.165) is 0 Å². The Hall–Kier alpha value is -2.39. The molecule has 9 nitrogen and oxygen atoms in total. The largest absolute Gasteiger partial charge is 0.507 e.